The van der Waals surface area contributed by atoms with E-state index in [9.17, 15) is 4.79 Å². The van der Waals surface area contributed by atoms with Gasteiger partial charge in [-0.25, -0.2) is 0 Å². The maximum Gasteiger partial charge on any atom is 0.190 e. The van der Waals surface area contributed by atoms with Gasteiger partial charge in [0.25, 0.3) is 0 Å². The Morgan fingerprint density at radius 3 is 2.17 bits per heavy atom. The summed E-state index contributed by atoms with van der Waals surface area (Å²) in [4.78, 5) is 11.1. The average Bonchev–Trinajstić information content (AvgIpc) is 2.62. The fourth-order valence-corrected chi connectivity index (χ4v) is 1.44. The van der Waals surface area contributed by atoms with Crippen LogP contribution in [0.25, 0.3) is 11.1 Å². The highest BCUT2D eigenvalue weighted by molar-refractivity contribution is 5.77. The maximum absolute atomic E-state index is 11.1. The Balaban J connectivity index is 2.56. The molecule has 0 aromatic heterocycles. The Labute approximate surface area is 71.3 Å². The minimum Gasteiger partial charge on any atom is -0.289 e. The summed E-state index contributed by atoms with van der Waals surface area (Å²) in [6, 6.07) is 7.98. The maximum atomic E-state index is 11.1. The van der Waals surface area contributed by atoms with Gasteiger partial charge in [-0.1, -0.05) is 24.3 Å². The van der Waals surface area contributed by atoms with E-state index in [0.717, 1.165) is 16.7 Å². The lowest BCUT2D eigenvalue weighted by molar-refractivity contribution is 1.47. The van der Waals surface area contributed by atoms with Crippen molar-refractivity contribution in [3.8, 4) is 11.1 Å². The summed E-state index contributed by atoms with van der Waals surface area (Å²) in [5.74, 6) is 0. The summed E-state index contributed by atoms with van der Waals surface area (Å²) >= 11 is 0. The van der Waals surface area contributed by atoms with Crippen LogP contribution in [0.2, 0.25) is 0 Å². The highest BCUT2D eigenvalue weighted by Crippen LogP contribution is 2.26. The third-order valence-electron chi connectivity index (χ3n) is 2.29. The van der Waals surface area contributed by atoms with Crippen LogP contribution in [0.4, 0.5) is 0 Å². The van der Waals surface area contributed by atoms with Gasteiger partial charge in [0.2, 0.25) is 0 Å². The lowest BCUT2D eigenvalue weighted by Gasteiger charge is -1.96. The van der Waals surface area contributed by atoms with Crippen LogP contribution >= 0.6 is 0 Å². The van der Waals surface area contributed by atoms with Crippen LogP contribution < -0.4 is 5.43 Å². The van der Waals surface area contributed by atoms with E-state index in [0.29, 0.717) is 0 Å². The largest absolute Gasteiger partial charge is 0.289 e. The van der Waals surface area contributed by atoms with Gasteiger partial charge in [0.05, 0.1) is 0 Å². The lowest BCUT2D eigenvalue weighted by Crippen LogP contribution is -1.80. The molecule has 0 fully saturated rings. The molecule has 0 amide bonds. The van der Waals surface area contributed by atoms with E-state index in [-0.39, 0.29) is 5.43 Å². The standard InChI is InChI=1S/C11H10O/c1-7-5-3-4-6-9(7)10-8(2)11(10)12/h3-6H,1-2H3. The monoisotopic (exact) mass is 158 g/mol. The molecule has 0 heterocycles. The second-order valence-electron chi connectivity index (χ2n) is 3.14. The molecule has 2 rings (SSSR count). The van der Waals surface area contributed by atoms with Crippen molar-refractivity contribution in [3.63, 3.8) is 0 Å². The van der Waals surface area contributed by atoms with Crippen molar-refractivity contribution >= 4 is 0 Å². The molecule has 0 aliphatic heterocycles. The molecular formula is C11H10O. The van der Waals surface area contributed by atoms with Gasteiger partial charge in [-0.15, -0.1) is 0 Å². The van der Waals surface area contributed by atoms with Crippen molar-refractivity contribution in [1.82, 2.24) is 0 Å². The Hall–Kier alpha value is -1.37. The predicted molar refractivity (Wildman–Crippen MR) is 50.0 cm³/mol. The van der Waals surface area contributed by atoms with Crippen molar-refractivity contribution in [1.29, 1.82) is 0 Å². The Morgan fingerprint density at radius 2 is 1.67 bits per heavy atom. The third-order valence-corrected chi connectivity index (χ3v) is 2.29. The van der Waals surface area contributed by atoms with Crippen LogP contribution in [0.15, 0.2) is 29.1 Å². The van der Waals surface area contributed by atoms with E-state index in [1.54, 1.807) is 0 Å². The second-order valence-corrected chi connectivity index (χ2v) is 3.14. The summed E-state index contributed by atoms with van der Waals surface area (Å²) in [6.07, 6.45) is 0. The van der Waals surface area contributed by atoms with E-state index in [1.165, 1.54) is 5.56 Å². The van der Waals surface area contributed by atoms with Gasteiger partial charge in [0.15, 0.2) is 5.43 Å². The molecule has 12 heavy (non-hydrogen) atoms. The number of aryl methyl sites for hydroxylation is 1. The fourth-order valence-electron chi connectivity index (χ4n) is 1.44. The first-order valence-electron chi connectivity index (χ1n) is 4.03. The molecule has 0 radical (unpaired) electrons. The van der Waals surface area contributed by atoms with Crippen molar-refractivity contribution < 1.29 is 0 Å². The molecule has 0 aliphatic rings. The van der Waals surface area contributed by atoms with Crippen LogP contribution in [-0.4, -0.2) is 0 Å². The molecule has 2 aromatic carbocycles. The first-order valence-corrected chi connectivity index (χ1v) is 4.03. The average molecular weight is 158 g/mol. The van der Waals surface area contributed by atoms with Gasteiger partial charge in [-0.3, -0.25) is 4.79 Å². The van der Waals surface area contributed by atoms with Crippen molar-refractivity contribution in [3.05, 3.63) is 45.6 Å². The van der Waals surface area contributed by atoms with Crippen LogP contribution in [0, 0.1) is 13.8 Å². The van der Waals surface area contributed by atoms with E-state index >= 15 is 0 Å². The van der Waals surface area contributed by atoms with Crippen molar-refractivity contribution in [2.75, 3.05) is 0 Å². The van der Waals surface area contributed by atoms with Gasteiger partial charge in [0.1, 0.15) is 0 Å². The normalized spacial score (nSPS) is 10.8. The van der Waals surface area contributed by atoms with E-state index in [2.05, 4.69) is 0 Å². The zero-order valence-electron chi connectivity index (χ0n) is 7.22. The Morgan fingerprint density at radius 1 is 1.08 bits per heavy atom. The molecule has 0 spiro atoms. The van der Waals surface area contributed by atoms with Gasteiger partial charge < -0.3 is 0 Å². The molecule has 0 N–H and O–H groups in total. The van der Waals surface area contributed by atoms with Crippen LogP contribution in [0.1, 0.15) is 11.1 Å². The quantitative estimate of drug-likeness (QED) is 0.621. The molecule has 1 heteroatoms. The summed E-state index contributed by atoms with van der Waals surface area (Å²) < 4.78 is 0. The predicted octanol–water partition coefficient (Wildman–Crippen LogP) is 2.21. The first kappa shape index (κ1) is 7.29. The summed E-state index contributed by atoms with van der Waals surface area (Å²) in [5.41, 5.74) is 4.35. The van der Waals surface area contributed by atoms with Crippen molar-refractivity contribution in [2.45, 2.75) is 13.8 Å². The minimum absolute atomic E-state index is 0.226. The third kappa shape index (κ3) is 0.900. The molecule has 0 saturated carbocycles. The van der Waals surface area contributed by atoms with Gasteiger partial charge in [-0.05, 0) is 25.0 Å². The molecule has 0 saturated heterocycles. The minimum atomic E-state index is 0.226. The summed E-state index contributed by atoms with van der Waals surface area (Å²) in [6.45, 7) is 3.91. The number of benzene rings is 1. The van der Waals surface area contributed by atoms with Gasteiger partial charge in [-0.2, -0.15) is 0 Å². The molecule has 0 unspecified atom stereocenters. The zero-order chi connectivity index (χ0) is 8.72. The second kappa shape index (κ2) is 2.31. The summed E-state index contributed by atoms with van der Waals surface area (Å²) in [7, 11) is 0. The molecule has 0 atom stereocenters. The van der Waals surface area contributed by atoms with Gasteiger partial charge in [0, 0.05) is 11.1 Å². The molecule has 60 valence electrons. The van der Waals surface area contributed by atoms with Crippen LogP contribution in [0.5, 0.6) is 0 Å². The van der Waals surface area contributed by atoms with E-state index < -0.39 is 0 Å². The topological polar surface area (TPSA) is 17.1 Å². The Kier molecular flexibility index (Phi) is 1.40. The molecule has 1 nitrogen and oxygen atoms in total. The number of hydrogen-bond donors (Lipinski definition) is 0. The van der Waals surface area contributed by atoms with Gasteiger partial charge >= 0.3 is 0 Å². The zero-order valence-corrected chi connectivity index (χ0v) is 7.22. The molecule has 2 aromatic rings. The first-order chi connectivity index (χ1) is 5.72. The Bertz CT molecular complexity index is 431. The smallest absolute Gasteiger partial charge is 0.190 e. The number of hydrogen-bond acceptors (Lipinski definition) is 1. The highest BCUT2D eigenvalue weighted by Gasteiger charge is 2.19. The van der Waals surface area contributed by atoms with E-state index in [4.69, 9.17) is 0 Å². The highest BCUT2D eigenvalue weighted by atomic mass is 16.1. The fraction of sp³-hybridized carbons (Fsp3) is 0.182. The van der Waals surface area contributed by atoms with E-state index in [1.807, 2.05) is 38.1 Å². The lowest BCUT2D eigenvalue weighted by atomic mass is 10.1. The van der Waals surface area contributed by atoms with Crippen LogP contribution in [0.3, 0.4) is 0 Å². The molecule has 0 aliphatic carbocycles. The summed E-state index contributed by atoms with van der Waals surface area (Å²) in [5, 5.41) is 0. The van der Waals surface area contributed by atoms with Crippen molar-refractivity contribution in [2.24, 2.45) is 0 Å². The van der Waals surface area contributed by atoms with Crippen LogP contribution in [-0.2, 0) is 0 Å². The number of rotatable bonds is 1. The molecule has 0 bridgehead atoms. The SMILES string of the molecule is Cc1ccccc1-c1c(C)c1=O. The molecular weight excluding hydrogens is 148 g/mol.